The lowest BCUT2D eigenvalue weighted by atomic mass is 10.1. The Labute approximate surface area is 247 Å². The number of amides is 2. The van der Waals surface area contributed by atoms with Crippen molar-refractivity contribution in [2.75, 3.05) is 39.3 Å². The van der Waals surface area contributed by atoms with Crippen molar-refractivity contribution >= 4 is 50.0 Å². The highest BCUT2D eigenvalue weighted by molar-refractivity contribution is 7.89. The van der Waals surface area contributed by atoms with Crippen molar-refractivity contribution in [1.82, 2.24) is 19.0 Å². The van der Waals surface area contributed by atoms with Crippen LogP contribution in [0.25, 0.3) is 10.8 Å². The van der Waals surface area contributed by atoms with E-state index in [2.05, 4.69) is 4.90 Å². The highest BCUT2D eigenvalue weighted by Crippen LogP contribution is 2.30. The average molecular weight is 603 g/mol. The van der Waals surface area contributed by atoms with Gasteiger partial charge in [0.25, 0.3) is 0 Å². The number of carbonyl (C=O) groups excluding carboxylic acids is 3. The fourth-order valence-electron chi connectivity index (χ4n) is 6.43. The molecule has 2 aromatic carbocycles. The fourth-order valence-corrected chi connectivity index (χ4v) is 8.24. The van der Waals surface area contributed by atoms with E-state index in [1.807, 2.05) is 4.90 Å². The first kappa shape index (κ1) is 29.9. The van der Waals surface area contributed by atoms with Crippen molar-refractivity contribution in [3.05, 3.63) is 41.4 Å². The molecule has 3 heterocycles. The molecule has 3 fully saturated rings. The number of benzene rings is 2. The number of hydrogen-bond donors (Lipinski definition) is 0. The number of sulfonamides is 1. The summed E-state index contributed by atoms with van der Waals surface area (Å²) in [5.41, 5.74) is 0. The molecular formula is C30H39ClN4O5S. The number of ketones is 1. The Morgan fingerprint density at radius 3 is 2.44 bits per heavy atom. The van der Waals surface area contributed by atoms with E-state index < -0.39 is 34.6 Å². The lowest BCUT2D eigenvalue weighted by molar-refractivity contribution is -0.144. The highest BCUT2D eigenvalue weighted by atomic mass is 35.5. The van der Waals surface area contributed by atoms with Gasteiger partial charge in [-0.2, -0.15) is 4.31 Å². The largest absolute Gasteiger partial charge is 0.337 e. The van der Waals surface area contributed by atoms with Gasteiger partial charge in [0, 0.05) is 37.1 Å². The molecule has 0 N–H and O–H groups in total. The monoisotopic (exact) mass is 602 g/mol. The molecule has 0 aromatic heterocycles. The Balaban J connectivity index is 1.36. The Hall–Kier alpha value is -2.53. The summed E-state index contributed by atoms with van der Waals surface area (Å²) < 4.78 is 28.9. The van der Waals surface area contributed by atoms with E-state index in [1.54, 1.807) is 44.2 Å². The first-order chi connectivity index (χ1) is 19.6. The quantitative estimate of drug-likeness (QED) is 0.413. The van der Waals surface area contributed by atoms with Gasteiger partial charge in [0.15, 0.2) is 0 Å². The molecule has 0 bridgehead atoms. The van der Waals surface area contributed by atoms with Crippen LogP contribution in [0.4, 0.5) is 0 Å². The third-order valence-corrected chi connectivity index (χ3v) is 10.9. The topological polar surface area (TPSA) is 98.3 Å². The maximum atomic E-state index is 14.0. The summed E-state index contributed by atoms with van der Waals surface area (Å²) in [6.45, 7) is 6.92. The second kappa shape index (κ2) is 12.4. The normalized spacial score (nSPS) is 22.8. The minimum absolute atomic E-state index is 0.00780. The molecule has 0 radical (unpaired) electrons. The van der Waals surface area contributed by atoms with Gasteiger partial charge in [-0.25, -0.2) is 8.42 Å². The summed E-state index contributed by atoms with van der Waals surface area (Å²) in [6, 6.07) is 8.25. The molecule has 11 heteroatoms. The minimum atomic E-state index is -4.20. The van der Waals surface area contributed by atoms with E-state index in [-0.39, 0.29) is 42.0 Å². The number of likely N-dealkylation sites (tertiary alicyclic amines) is 3. The summed E-state index contributed by atoms with van der Waals surface area (Å²) >= 11 is 6.09. The van der Waals surface area contributed by atoms with Gasteiger partial charge in [0.1, 0.15) is 17.9 Å². The fraction of sp³-hybridized carbons (Fsp3) is 0.567. The predicted octanol–water partition coefficient (Wildman–Crippen LogP) is 3.54. The number of fused-ring (bicyclic) bond motifs is 1. The number of nitrogens with zero attached hydrogens (tertiary/aromatic N) is 4. The van der Waals surface area contributed by atoms with E-state index in [0.717, 1.165) is 42.2 Å². The number of hydrogen-bond acceptors (Lipinski definition) is 6. The molecule has 5 rings (SSSR count). The van der Waals surface area contributed by atoms with Crippen LogP contribution in [0, 0.1) is 0 Å². The predicted molar refractivity (Wildman–Crippen MR) is 158 cm³/mol. The van der Waals surface area contributed by atoms with Gasteiger partial charge in [0.2, 0.25) is 21.8 Å². The van der Waals surface area contributed by atoms with Gasteiger partial charge in [-0.05, 0) is 87.2 Å². The first-order valence-electron chi connectivity index (χ1n) is 14.7. The van der Waals surface area contributed by atoms with E-state index in [1.165, 1.54) is 23.8 Å². The zero-order valence-corrected chi connectivity index (χ0v) is 25.4. The van der Waals surface area contributed by atoms with E-state index in [0.29, 0.717) is 17.0 Å². The molecule has 0 saturated carbocycles. The highest BCUT2D eigenvalue weighted by Gasteiger charge is 2.46. The molecule has 3 aliphatic rings. The molecule has 3 unspecified atom stereocenters. The van der Waals surface area contributed by atoms with Gasteiger partial charge in [-0.15, -0.1) is 0 Å². The van der Waals surface area contributed by atoms with Gasteiger partial charge in [-0.3, -0.25) is 14.4 Å². The minimum Gasteiger partial charge on any atom is -0.337 e. The van der Waals surface area contributed by atoms with Gasteiger partial charge in [-0.1, -0.05) is 30.7 Å². The molecule has 0 aliphatic carbocycles. The molecule has 3 atom stereocenters. The number of carbonyl (C=O) groups is 3. The van der Waals surface area contributed by atoms with Crippen molar-refractivity contribution in [2.24, 2.45) is 0 Å². The molecule has 3 saturated heterocycles. The van der Waals surface area contributed by atoms with E-state index in [9.17, 15) is 22.8 Å². The van der Waals surface area contributed by atoms with Crippen molar-refractivity contribution in [2.45, 2.75) is 75.4 Å². The second-order valence-corrected chi connectivity index (χ2v) is 13.8. The van der Waals surface area contributed by atoms with Crippen LogP contribution in [0.15, 0.2) is 41.3 Å². The van der Waals surface area contributed by atoms with Crippen molar-refractivity contribution in [1.29, 1.82) is 0 Å². The Bertz CT molecular complexity index is 1430. The Morgan fingerprint density at radius 2 is 1.71 bits per heavy atom. The first-order valence-corrected chi connectivity index (χ1v) is 16.5. The maximum absolute atomic E-state index is 14.0. The van der Waals surface area contributed by atoms with Crippen LogP contribution in [-0.4, -0.2) is 102 Å². The number of Topliss-reactive ketones (excluding diaryl/α,β-unsaturated/α-hetero) is 1. The molecular weight excluding hydrogens is 564 g/mol. The SMILES string of the molecule is CCC(=O)CN(C1CCN(C(C)C(=O)N2CCCC2CN2CCCC2)C1=O)S(=O)(=O)c1ccc2cc(Cl)ccc2c1. The summed E-state index contributed by atoms with van der Waals surface area (Å²) in [7, 11) is -4.20. The van der Waals surface area contributed by atoms with Crippen LogP contribution in [0.3, 0.4) is 0 Å². The van der Waals surface area contributed by atoms with Crippen LogP contribution in [-0.2, 0) is 24.4 Å². The molecule has 3 aliphatic heterocycles. The lowest BCUT2D eigenvalue weighted by Crippen LogP contribution is -2.53. The van der Waals surface area contributed by atoms with E-state index in [4.69, 9.17) is 11.6 Å². The molecule has 9 nitrogen and oxygen atoms in total. The number of rotatable bonds is 10. The van der Waals surface area contributed by atoms with Crippen molar-refractivity contribution < 1.29 is 22.8 Å². The maximum Gasteiger partial charge on any atom is 0.245 e. The molecule has 222 valence electrons. The molecule has 41 heavy (non-hydrogen) atoms. The molecule has 2 amide bonds. The smallest absolute Gasteiger partial charge is 0.245 e. The molecule has 2 aromatic rings. The zero-order chi connectivity index (χ0) is 29.3. The standard InChI is InChI=1S/C30H39ClN4O5S/c1-3-26(36)20-35(41(39,40)27-11-9-22-17-24(31)10-8-23(22)18-27)28-12-16-33(30(28)38)21(2)29(37)34-15-6-7-25(34)19-32-13-4-5-14-32/h8-11,17-18,21,25,28H,3-7,12-16,19-20H2,1-2H3. The zero-order valence-electron chi connectivity index (χ0n) is 23.8. The van der Waals surface area contributed by atoms with Crippen molar-refractivity contribution in [3.63, 3.8) is 0 Å². The molecule has 0 spiro atoms. The van der Waals surface area contributed by atoms with Gasteiger partial charge < -0.3 is 14.7 Å². The van der Waals surface area contributed by atoms with Crippen LogP contribution >= 0.6 is 11.6 Å². The lowest BCUT2D eigenvalue weighted by Gasteiger charge is -2.34. The Morgan fingerprint density at radius 1 is 1.00 bits per heavy atom. The summed E-state index contributed by atoms with van der Waals surface area (Å²) in [6.07, 6.45) is 4.63. The third kappa shape index (κ3) is 6.16. The van der Waals surface area contributed by atoms with Gasteiger partial charge in [0.05, 0.1) is 11.4 Å². The van der Waals surface area contributed by atoms with Crippen LogP contribution in [0.1, 0.15) is 52.4 Å². The summed E-state index contributed by atoms with van der Waals surface area (Å²) in [5.74, 6) is -0.799. The second-order valence-electron chi connectivity index (χ2n) is 11.4. The summed E-state index contributed by atoms with van der Waals surface area (Å²) in [4.78, 5) is 45.8. The van der Waals surface area contributed by atoms with Crippen LogP contribution in [0.5, 0.6) is 0 Å². The Kier molecular flexibility index (Phi) is 9.04. The van der Waals surface area contributed by atoms with E-state index >= 15 is 0 Å². The third-order valence-electron chi connectivity index (χ3n) is 8.82. The summed E-state index contributed by atoms with van der Waals surface area (Å²) in [5, 5.41) is 2.01. The van der Waals surface area contributed by atoms with Crippen molar-refractivity contribution in [3.8, 4) is 0 Å². The van der Waals surface area contributed by atoms with Crippen LogP contribution < -0.4 is 0 Å². The number of halogens is 1. The van der Waals surface area contributed by atoms with Gasteiger partial charge >= 0.3 is 0 Å². The average Bonchev–Trinajstić information content (AvgIpc) is 3.72. The van der Waals surface area contributed by atoms with Crippen LogP contribution in [0.2, 0.25) is 5.02 Å².